The molecule has 1 saturated carbocycles. The number of nitrogens with zero attached hydrogens (tertiary/aromatic N) is 1. The second kappa shape index (κ2) is 4.73. The van der Waals surface area contributed by atoms with Gasteiger partial charge in [0.05, 0.1) is 13.0 Å². The number of carbonyl (C=O) groups excluding carboxylic acids is 1. The number of piperidine rings is 2. The number of rotatable bonds is 3. The molecule has 2 bridgehead atoms. The van der Waals surface area contributed by atoms with Crippen molar-refractivity contribution in [3.05, 3.63) is 35.9 Å². The van der Waals surface area contributed by atoms with Crippen LogP contribution in [0.1, 0.15) is 12.0 Å². The molecule has 2 heterocycles. The van der Waals surface area contributed by atoms with Crippen LogP contribution in [0, 0.1) is 17.8 Å². The van der Waals surface area contributed by atoms with Crippen molar-refractivity contribution < 1.29 is 9.53 Å². The number of ether oxygens (including phenoxy) is 1. The molecule has 4 rings (SSSR count). The molecule has 1 aromatic carbocycles. The summed E-state index contributed by atoms with van der Waals surface area (Å²) in [6.07, 6.45) is 1.20. The number of methoxy groups -OCH3 is 1. The SMILES string of the molecule is COC(=O)C1C2CC1CN(Cc1ccccc1)C2. The Kier molecular flexibility index (Phi) is 3.08. The van der Waals surface area contributed by atoms with Gasteiger partial charge in [0.25, 0.3) is 0 Å². The standard InChI is InChI=1S/C15H19NO2/c1-18-15(17)14-12-7-13(14)10-16(9-12)8-11-5-3-2-4-6-11/h2-6,12-14H,7-10H2,1H3. The van der Waals surface area contributed by atoms with E-state index in [-0.39, 0.29) is 11.9 Å². The Morgan fingerprint density at radius 1 is 1.28 bits per heavy atom. The molecule has 0 amide bonds. The van der Waals surface area contributed by atoms with Crippen LogP contribution in [-0.4, -0.2) is 31.1 Å². The predicted molar refractivity (Wildman–Crippen MR) is 68.8 cm³/mol. The van der Waals surface area contributed by atoms with E-state index >= 15 is 0 Å². The van der Waals surface area contributed by atoms with Crippen molar-refractivity contribution in [3.63, 3.8) is 0 Å². The van der Waals surface area contributed by atoms with Gasteiger partial charge in [-0.05, 0) is 23.8 Å². The van der Waals surface area contributed by atoms with Crippen LogP contribution >= 0.6 is 0 Å². The third kappa shape index (κ3) is 2.03. The van der Waals surface area contributed by atoms with E-state index in [1.165, 1.54) is 19.1 Å². The lowest BCUT2D eigenvalue weighted by Gasteiger charge is -2.52. The minimum absolute atomic E-state index is 0.00406. The van der Waals surface area contributed by atoms with Crippen LogP contribution < -0.4 is 0 Å². The van der Waals surface area contributed by atoms with Crippen molar-refractivity contribution in [1.29, 1.82) is 0 Å². The first kappa shape index (κ1) is 11.7. The molecule has 3 heteroatoms. The molecule has 18 heavy (non-hydrogen) atoms. The third-order valence-electron chi connectivity index (χ3n) is 4.33. The monoisotopic (exact) mass is 245 g/mol. The summed E-state index contributed by atoms with van der Waals surface area (Å²) in [4.78, 5) is 14.1. The fourth-order valence-corrected chi connectivity index (χ4v) is 3.48. The Bertz CT molecular complexity index is 419. The van der Waals surface area contributed by atoms with Gasteiger partial charge < -0.3 is 4.74 Å². The molecule has 0 N–H and O–H groups in total. The molecule has 3 nitrogen and oxygen atoms in total. The lowest BCUT2D eigenvalue weighted by atomic mass is 9.61. The van der Waals surface area contributed by atoms with Gasteiger partial charge in [0.1, 0.15) is 0 Å². The highest BCUT2D eigenvalue weighted by Gasteiger charge is 2.50. The van der Waals surface area contributed by atoms with Crippen LogP contribution in [-0.2, 0) is 16.1 Å². The first-order valence-electron chi connectivity index (χ1n) is 6.62. The Morgan fingerprint density at radius 3 is 2.56 bits per heavy atom. The number of hydrogen-bond acceptors (Lipinski definition) is 3. The number of hydrogen-bond donors (Lipinski definition) is 0. The van der Waals surface area contributed by atoms with E-state index in [4.69, 9.17) is 4.74 Å². The number of benzene rings is 1. The fourth-order valence-electron chi connectivity index (χ4n) is 3.48. The Hall–Kier alpha value is -1.35. The van der Waals surface area contributed by atoms with Crippen LogP contribution in [0.5, 0.6) is 0 Å². The summed E-state index contributed by atoms with van der Waals surface area (Å²) in [6.45, 7) is 3.07. The van der Waals surface area contributed by atoms with Crippen molar-refractivity contribution in [1.82, 2.24) is 4.90 Å². The van der Waals surface area contributed by atoms with Gasteiger partial charge in [-0.3, -0.25) is 9.69 Å². The van der Waals surface area contributed by atoms with Crippen molar-refractivity contribution in [3.8, 4) is 0 Å². The smallest absolute Gasteiger partial charge is 0.309 e. The van der Waals surface area contributed by atoms with E-state index in [1.807, 2.05) is 6.07 Å². The van der Waals surface area contributed by atoms with Crippen LogP contribution in [0.25, 0.3) is 0 Å². The molecule has 2 saturated heterocycles. The van der Waals surface area contributed by atoms with E-state index < -0.39 is 0 Å². The van der Waals surface area contributed by atoms with E-state index in [0.29, 0.717) is 11.8 Å². The maximum absolute atomic E-state index is 11.6. The zero-order valence-corrected chi connectivity index (χ0v) is 10.7. The van der Waals surface area contributed by atoms with Gasteiger partial charge in [0.2, 0.25) is 0 Å². The summed E-state index contributed by atoms with van der Waals surface area (Å²) < 4.78 is 4.89. The lowest BCUT2D eigenvalue weighted by Crippen LogP contribution is -2.57. The second-order valence-corrected chi connectivity index (χ2v) is 5.48. The normalized spacial score (nSPS) is 30.6. The van der Waals surface area contributed by atoms with Gasteiger partial charge >= 0.3 is 5.97 Å². The number of esters is 1. The highest BCUT2D eigenvalue weighted by Crippen LogP contribution is 2.46. The topological polar surface area (TPSA) is 29.5 Å². The zero-order chi connectivity index (χ0) is 12.5. The summed E-state index contributed by atoms with van der Waals surface area (Å²) in [5, 5.41) is 0. The van der Waals surface area contributed by atoms with E-state index in [9.17, 15) is 4.79 Å². The molecule has 0 radical (unpaired) electrons. The Morgan fingerprint density at radius 2 is 1.94 bits per heavy atom. The van der Waals surface area contributed by atoms with Gasteiger partial charge in [-0.25, -0.2) is 0 Å². The van der Waals surface area contributed by atoms with Crippen LogP contribution in [0.3, 0.4) is 0 Å². The van der Waals surface area contributed by atoms with E-state index in [1.54, 1.807) is 0 Å². The van der Waals surface area contributed by atoms with Crippen molar-refractivity contribution in [2.45, 2.75) is 13.0 Å². The van der Waals surface area contributed by atoms with Crippen LogP contribution in [0.2, 0.25) is 0 Å². The van der Waals surface area contributed by atoms with Crippen molar-refractivity contribution in [2.24, 2.45) is 17.8 Å². The molecule has 2 aliphatic heterocycles. The zero-order valence-electron chi connectivity index (χ0n) is 10.7. The van der Waals surface area contributed by atoms with Gasteiger partial charge in [-0.15, -0.1) is 0 Å². The summed E-state index contributed by atoms with van der Waals surface area (Å²) >= 11 is 0. The minimum atomic E-state index is -0.00406. The first-order valence-corrected chi connectivity index (χ1v) is 6.62. The maximum atomic E-state index is 11.6. The van der Waals surface area contributed by atoms with Crippen molar-refractivity contribution >= 4 is 5.97 Å². The average molecular weight is 245 g/mol. The average Bonchev–Trinajstić information content (AvgIpc) is 2.39. The summed E-state index contributed by atoms with van der Waals surface area (Å²) in [5.41, 5.74) is 1.36. The van der Waals surface area contributed by atoms with Crippen molar-refractivity contribution in [2.75, 3.05) is 20.2 Å². The van der Waals surface area contributed by atoms with Gasteiger partial charge in [0.15, 0.2) is 0 Å². The van der Waals surface area contributed by atoms with E-state index in [0.717, 1.165) is 19.6 Å². The summed E-state index contributed by atoms with van der Waals surface area (Å²) in [5.74, 6) is 1.19. The third-order valence-corrected chi connectivity index (χ3v) is 4.33. The predicted octanol–water partition coefficient (Wildman–Crippen LogP) is 1.93. The molecule has 3 fully saturated rings. The Balaban J connectivity index is 1.59. The van der Waals surface area contributed by atoms with Gasteiger partial charge in [-0.1, -0.05) is 30.3 Å². The maximum Gasteiger partial charge on any atom is 0.309 e. The fraction of sp³-hybridized carbons (Fsp3) is 0.533. The molecular formula is C15H19NO2. The van der Waals surface area contributed by atoms with Gasteiger partial charge in [-0.2, -0.15) is 0 Å². The Labute approximate surface area is 108 Å². The van der Waals surface area contributed by atoms with Crippen LogP contribution in [0.4, 0.5) is 0 Å². The van der Waals surface area contributed by atoms with E-state index in [2.05, 4.69) is 29.2 Å². The highest BCUT2D eigenvalue weighted by molar-refractivity contribution is 5.74. The van der Waals surface area contributed by atoms with Crippen LogP contribution in [0.15, 0.2) is 30.3 Å². The quantitative estimate of drug-likeness (QED) is 0.762. The summed E-state index contributed by atoms with van der Waals surface area (Å²) in [6, 6.07) is 10.5. The molecule has 1 aromatic rings. The molecule has 0 spiro atoms. The molecule has 2 atom stereocenters. The summed E-state index contributed by atoms with van der Waals surface area (Å²) in [7, 11) is 1.50. The first-order chi connectivity index (χ1) is 8.78. The lowest BCUT2D eigenvalue weighted by molar-refractivity contribution is -0.163. The highest BCUT2D eigenvalue weighted by atomic mass is 16.5. The van der Waals surface area contributed by atoms with Gasteiger partial charge in [0, 0.05) is 19.6 Å². The molecule has 1 aliphatic carbocycles. The number of fused-ring (bicyclic) bond motifs is 2. The molecule has 0 aromatic heterocycles. The largest absolute Gasteiger partial charge is 0.469 e. The second-order valence-electron chi connectivity index (χ2n) is 5.48. The minimum Gasteiger partial charge on any atom is -0.469 e. The molecule has 3 aliphatic rings. The molecule has 2 unspecified atom stereocenters. The molecule has 96 valence electrons. The number of carbonyl (C=O) groups is 1. The molecular weight excluding hydrogens is 226 g/mol.